The van der Waals surface area contributed by atoms with E-state index in [2.05, 4.69) is 10.9 Å². The molecule has 0 spiro atoms. The molecule has 0 radical (unpaired) electrons. The number of benzene rings is 2. The van der Waals surface area contributed by atoms with Gasteiger partial charge >= 0.3 is 0 Å². The van der Waals surface area contributed by atoms with Gasteiger partial charge in [-0.15, -0.1) is 0 Å². The van der Waals surface area contributed by atoms with E-state index >= 15 is 0 Å². The number of carbonyl (C=O) groups excluding carboxylic acids is 2. The highest BCUT2D eigenvalue weighted by molar-refractivity contribution is 5.95. The van der Waals surface area contributed by atoms with E-state index in [0.717, 1.165) is 11.1 Å². The van der Waals surface area contributed by atoms with Crippen LogP contribution in [0.2, 0.25) is 0 Å². The molecule has 5 heteroatoms. The summed E-state index contributed by atoms with van der Waals surface area (Å²) in [6.07, 6.45) is 0.182. The van der Waals surface area contributed by atoms with Crippen molar-refractivity contribution in [3.8, 4) is 5.75 Å². The second kappa shape index (κ2) is 6.76. The summed E-state index contributed by atoms with van der Waals surface area (Å²) >= 11 is 0. The lowest BCUT2D eigenvalue weighted by molar-refractivity contribution is -0.121. The Labute approximate surface area is 129 Å². The number of hydrazine groups is 1. The Kier molecular flexibility index (Phi) is 4.78. The van der Waals surface area contributed by atoms with Crippen molar-refractivity contribution in [3.63, 3.8) is 0 Å². The van der Waals surface area contributed by atoms with Crippen LogP contribution in [-0.2, 0) is 11.2 Å². The molecule has 2 aromatic rings. The first-order chi connectivity index (χ1) is 10.5. The predicted octanol–water partition coefficient (Wildman–Crippen LogP) is 2.01. The maximum atomic E-state index is 11.8. The van der Waals surface area contributed by atoms with E-state index < -0.39 is 5.91 Å². The molecule has 0 unspecified atom stereocenters. The van der Waals surface area contributed by atoms with Crippen LogP contribution in [0.15, 0.2) is 42.5 Å². The number of phenolic OH excluding ortho intramolecular Hbond substituents is 1. The minimum Gasteiger partial charge on any atom is -0.508 e. The molecule has 0 aromatic heterocycles. The summed E-state index contributed by atoms with van der Waals surface area (Å²) in [7, 11) is 0. The van der Waals surface area contributed by atoms with Gasteiger partial charge in [0.2, 0.25) is 5.91 Å². The van der Waals surface area contributed by atoms with E-state index in [-0.39, 0.29) is 23.6 Å². The van der Waals surface area contributed by atoms with Crippen LogP contribution in [0, 0.1) is 13.8 Å². The monoisotopic (exact) mass is 298 g/mol. The summed E-state index contributed by atoms with van der Waals surface area (Å²) in [5.41, 5.74) is 8.12. The fourth-order valence-corrected chi connectivity index (χ4v) is 1.99. The molecule has 0 fully saturated rings. The van der Waals surface area contributed by atoms with Gasteiger partial charge in [0.25, 0.3) is 5.91 Å². The Balaban J connectivity index is 1.90. The highest BCUT2D eigenvalue weighted by atomic mass is 16.3. The Morgan fingerprint density at radius 1 is 1.00 bits per heavy atom. The largest absolute Gasteiger partial charge is 0.508 e. The zero-order valence-electron chi connectivity index (χ0n) is 12.5. The summed E-state index contributed by atoms with van der Waals surface area (Å²) < 4.78 is 0. The molecule has 114 valence electrons. The summed E-state index contributed by atoms with van der Waals surface area (Å²) in [5.74, 6) is -0.796. The van der Waals surface area contributed by atoms with Crippen LogP contribution in [0.4, 0.5) is 0 Å². The Morgan fingerprint density at radius 2 is 1.77 bits per heavy atom. The van der Waals surface area contributed by atoms with Crippen molar-refractivity contribution in [2.24, 2.45) is 0 Å². The predicted molar refractivity (Wildman–Crippen MR) is 83.3 cm³/mol. The molecular formula is C17H18N2O3. The van der Waals surface area contributed by atoms with Crippen molar-refractivity contribution in [2.75, 3.05) is 0 Å². The Bertz CT molecular complexity index is 711. The normalized spacial score (nSPS) is 10.1. The van der Waals surface area contributed by atoms with E-state index in [4.69, 9.17) is 0 Å². The topological polar surface area (TPSA) is 78.4 Å². The number of nitrogens with one attached hydrogen (secondary N) is 2. The molecule has 2 aromatic carbocycles. The van der Waals surface area contributed by atoms with Crippen molar-refractivity contribution >= 4 is 11.8 Å². The van der Waals surface area contributed by atoms with Crippen LogP contribution in [0.5, 0.6) is 5.75 Å². The van der Waals surface area contributed by atoms with Crippen LogP contribution < -0.4 is 10.9 Å². The number of hydrogen-bond donors (Lipinski definition) is 3. The molecular weight excluding hydrogens is 280 g/mol. The molecule has 0 saturated heterocycles. The highest BCUT2D eigenvalue weighted by Crippen LogP contribution is 2.11. The summed E-state index contributed by atoms with van der Waals surface area (Å²) in [6.45, 7) is 4.00. The van der Waals surface area contributed by atoms with Gasteiger partial charge in [-0.05, 0) is 48.7 Å². The maximum Gasteiger partial charge on any atom is 0.269 e. The standard InChI is InChI=1S/C17H18N2O3/c1-11-6-7-13(8-12(11)2)9-16(21)18-19-17(22)14-4-3-5-15(20)10-14/h3-8,10,20H,9H2,1-2H3,(H,18,21)(H,19,22). The van der Waals surface area contributed by atoms with E-state index in [9.17, 15) is 14.7 Å². The van der Waals surface area contributed by atoms with Crippen LogP contribution >= 0.6 is 0 Å². The molecule has 0 aliphatic heterocycles. The van der Waals surface area contributed by atoms with Crippen LogP contribution in [0.1, 0.15) is 27.0 Å². The number of rotatable bonds is 3. The van der Waals surface area contributed by atoms with Crippen LogP contribution in [0.25, 0.3) is 0 Å². The van der Waals surface area contributed by atoms with Gasteiger partial charge in [0, 0.05) is 5.56 Å². The second-order valence-corrected chi connectivity index (χ2v) is 5.15. The molecule has 5 nitrogen and oxygen atoms in total. The third-order valence-electron chi connectivity index (χ3n) is 3.36. The lowest BCUT2D eigenvalue weighted by Crippen LogP contribution is -2.42. The SMILES string of the molecule is Cc1ccc(CC(=O)NNC(=O)c2cccc(O)c2)cc1C. The Morgan fingerprint density at radius 3 is 2.45 bits per heavy atom. The third-order valence-corrected chi connectivity index (χ3v) is 3.36. The summed E-state index contributed by atoms with van der Waals surface area (Å²) in [4.78, 5) is 23.7. The molecule has 3 N–H and O–H groups in total. The first-order valence-electron chi connectivity index (χ1n) is 6.90. The number of aryl methyl sites for hydroxylation is 2. The summed E-state index contributed by atoms with van der Waals surface area (Å²) in [5, 5.41) is 9.32. The quantitative estimate of drug-likeness (QED) is 0.759. The van der Waals surface area contributed by atoms with E-state index in [1.165, 1.54) is 17.7 Å². The molecule has 0 bridgehead atoms. The number of hydrogen-bond acceptors (Lipinski definition) is 3. The highest BCUT2D eigenvalue weighted by Gasteiger charge is 2.09. The van der Waals surface area contributed by atoms with Gasteiger partial charge in [0.05, 0.1) is 6.42 Å². The molecule has 0 saturated carbocycles. The molecule has 0 aliphatic rings. The first kappa shape index (κ1) is 15.6. The summed E-state index contributed by atoms with van der Waals surface area (Å²) in [6, 6.07) is 11.7. The van der Waals surface area contributed by atoms with Gasteiger partial charge in [-0.1, -0.05) is 24.3 Å². The fourth-order valence-electron chi connectivity index (χ4n) is 1.99. The first-order valence-corrected chi connectivity index (χ1v) is 6.90. The maximum absolute atomic E-state index is 11.8. The third kappa shape index (κ3) is 4.09. The van der Waals surface area contributed by atoms with E-state index in [1.54, 1.807) is 12.1 Å². The van der Waals surface area contributed by atoms with Crippen LogP contribution in [-0.4, -0.2) is 16.9 Å². The number of phenols is 1. The van der Waals surface area contributed by atoms with Gasteiger partial charge in [-0.2, -0.15) is 0 Å². The van der Waals surface area contributed by atoms with Gasteiger partial charge < -0.3 is 5.11 Å². The van der Waals surface area contributed by atoms with Crippen molar-refractivity contribution in [1.29, 1.82) is 0 Å². The smallest absolute Gasteiger partial charge is 0.269 e. The molecule has 0 aliphatic carbocycles. The second-order valence-electron chi connectivity index (χ2n) is 5.15. The molecule has 0 atom stereocenters. The minimum atomic E-state index is -0.482. The average Bonchev–Trinajstić information content (AvgIpc) is 2.48. The van der Waals surface area contributed by atoms with Crippen molar-refractivity contribution in [3.05, 3.63) is 64.7 Å². The van der Waals surface area contributed by atoms with Gasteiger partial charge in [0.15, 0.2) is 0 Å². The minimum absolute atomic E-state index is 0.00546. The zero-order chi connectivity index (χ0) is 16.1. The number of amides is 2. The van der Waals surface area contributed by atoms with E-state index in [1.807, 2.05) is 32.0 Å². The number of aromatic hydroxyl groups is 1. The van der Waals surface area contributed by atoms with Crippen molar-refractivity contribution < 1.29 is 14.7 Å². The molecule has 22 heavy (non-hydrogen) atoms. The molecule has 2 amide bonds. The lowest BCUT2D eigenvalue weighted by Gasteiger charge is -2.08. The molecule has 2 rings (SSSR count). The Hall–Kier alpha value is -2.82. The van der Waals surface area contributed by atoms with E-state index in [0.29, 0.717) is 0 Å². The lowest BCUT2D eigenvalue weighted by atomic mass is 10.0. The van der Waals surface area contributed by atoms with Gasteiger partial charge in [-0.25, -0.2) is 0 Å². The number of carbonyl (C=O) groups is 2. The molecule has 0 heterocycles. The zero-order valence-corrected chi connectivity index (χ0v) is 12.5. The van der Waals surface area contributed by atoms with Crippen LogP contribution in [0.3, 0.4) is 0 Å². The average molecular weight is 298 g/mol. The van der Waals surface area contributed by atoms with Crippen molar-refractivity contribution in [1.82, 2.24) is 10.9 Å². The van der Waals surface area contributed by atoms with Gasteiger partial charge in [0.1, 0.15) is 5.75 Å². The van der Waals surface area contributed by atoms with Crippen molar-refractivity contribution in [2.45, 2.75) is 20.3 Å². The van der Waals surface area contributed by atoms with Gasteiger partial charge in [-0.3, -0.25) is 20.4 Å². The fraction of sp³-hybridized carbons (Fsp3) is 0.176.